The lowest BCUT2D eigenvalue weighted by Gasteiger charge is -2.18. The van der Waals surface area contributed by atoms with E-state index in [0.29, 0.717) is 11.3 Å². The molecule has 0 saturated carbocycles. The summed E-state index contributed by atoms with van der Waals surface area (Å²) in [4.78, 5) is 24.4. The molecular weight excluding hydrogens is 386 g/mol. The number of aromatic nitrogens is 3. The van der Waals surface area contributed by atoms with E-state index < -0.39 is 23.5 Å². The van der Waals surface area contributed by atoms with Crippen molar-refractivity contribution in [2.75, 3.05) is 0 Å². The zero-order valence-electron chi connectivity index (χ0n) is 15.9. The average Bonchev–Trinajstić information content (AvgIpc) is 2.72. The summed E-state index contributed by atoms with van der Waals surface area (Å²) < 4.78 is 27.3. The molecule has 30 heavy (non-hydrogen) atoms. The number of rotatable bonds is 6. The second-order valence-corrected chi connectivity index (χ2v) is 7.11. The maximum absolute atomic E-state index is 13.7. The molecule has 0 bridgehead atoms. The van der Waals surface area contributed by atoms with Crippen molar-refractivity contribution in [3.8, 4) is 11.1 Å². The number of benzene rings is 2. The van der Waals surface area contributed by atoms with Gasteiger partial charge in [-0.05, 0) is 47.2 Å². The van der Waals surface area contributed by atoms with E-state index >= 15 is 0 Å². The number of amides is 1. The highest BCUT2D eigenvalue weighted by Crippen LogP contribution is 2.33. The molecule has 0 saturated heterocycles. The monoisotopic (exact) mass is 404 g/mol. The van der Waals surface area contributed by atoms with Crippen molar-refractivity contribution in [2.24, 2.45) is 5.73 Å². The molecule has 0 aliphatic carbocycles. The van der Waals surface area contributed by atoms with Crippen molar-refractivity contribution in [3.05, 3.63) is 90.3 Å². The van der Waals surface area contributed by atoms with Crippen molar-refractivity contribution < 1.29 is 13.6 Å². The van der Waals surface area contributed by atoms with E-state index in [4.69, 9.17) is 5.73 Å². The van der Waals surface area contributed by atoms with E-state index in [9.17, 15) is 13.6 Å². The van der Waals surface area contributed by atoms with E-state index in [-0.39, 0.29) is 12.8 Å². The zero-order chi connectivity index (χ0) is 21.1. The Morgan fingerprint density at radius 1 is 0.967 bits per heavy atom. The molecule has 0 aliphatic heterocycles. The molecule has 5 nitrogen and oxygen atoms in total. The molecule has 2 aromatic heterocycles. The maximum Gasteiger partial charge on any atom is 0.218 e. The molecule has 0 unspecified atom stereocenters. The van der Waals surface area contributed by atoms with Crippen molar-refractivity contribution in [1.29, 1.82) is 0 Å². The first-order valence-electron chi connectivity index (χ1n) is 9.37. The van der Waals surface area contributed by atoms with Gasteiger partial charge in [0.1, 0.15) is 18.0 Å². The Balaban J connectivity index is 1.78. The SMILES string of the molecule is NC(=O)C[C@H](Cc1cc(F)cc(F)c1)c1ncncc1-c1ccc2cnccc2c1. The summed E-state index contributed by atoms with van der Waals surface area (Å²) in [5.41, 5.74) is 8.09. The summed E-state index contributed by atoms with van der Waals surface area (Å²) in [7, 11) is 0. The number of fused-ring (bicyclic) bond motifs is 1. The third-order valence-corrected chi connectivity index (χ3v) is 4.93. The van der Waals surface area contributed by atoms with Crippen LogP contribution in [0.1, 0.15) is 23.6 Å². The molecular formula is C23H18F2N4O. The van der Waals surface area contributed by atoms with Crippen molar-refractivity contribution in [1.82, 2.24) is 15.0 Å². The number of hydrogen-bond acceptors (Lipinski definition) is 4. The van der Waals surface area contributed by atoms with E-state index in [1.807, 2.05) is 24.3 Å². The van der Waals surface area contributed by atoms with Gasteiger partial charge in [-0.3, -0.25) is 9.78 Å². The summed E-state index contributed by atoms with van der Waals surface area (Å²) in [6.07, 6.45) is 6.74. The Morgan fingerprint density at radius 3 is 2.53 bits per heavy atom. The van der Waals surface area contributed by atoms with Crippen LogP contribution in [0.2, 0.25) is 0 Å². The molecule has 7 heteroatoms. The molecule has 4 aromatic rings. The lowest BCUT2D eigenvalue weighted by molar-refractivity contribution is -0.118. The highest BCUT2D eigenvalue weighted by atomic mass is 19.1. The van der Waals surface area contributed by atoms with Crippen LogP contribution in [-0.2, 0) is 11.2 Å². The smallest absolute Gasteiger partial charge is 0.218 e. The van der Waals surface area contributed by atoms with Gasteiger partial charge in [0.15, 0.2) is 0 Å². The van der Waals surface area contributed by atoms with Crippen LogP contribution in [0.4, 0.5) is 8.78 Å². The van der Waals surface area contributed by atoms with Gasteiger partial charge in [-0.2, -0.15) is 0 Å². The van der Waals surface area contributed by atoms with Gasteiger partial charge in [-0.15, -0.1) is 0 Å². The molecule has 2 N–H and O–H groups in total. The molecule has 0 fully saturated rings. The topological polar surface area (TPSA) is 81.8 Å². The van der Waals surface area contributed by atoms with Gasteiger partial charge in [-0.1, -0.05) is 12.1 Å². The minimum absolute atomic E-state index is 0.0142. The Kier molecular flexibility index (Phi) is 5.43. The fraction of sp³-hybridized carbons (Fsp3) is 0.130. The Labute approximate surface area is 171 Å². The van der Waals surface area contributed by atoms with Crippen LogP contribution in [0.3, 0.4) is 0 Å². The number of halogens is 2. The number of primary amides is 1. The average molecular weight is 404 g/mol. The Morgan fingerprint density at radius 2 is 1.77 bits per heavy atom. The van der Waals surface area contributed by atoms with E-state index in [2.05, 4.69) is 15.0 Å². The number of nitrogens with two attached hydrogens (primary N) is 1. The van der Waals surface area contributed by atoms with Crippen LogP contribution in [0.25, 0.3) is 21.9 Å². The first kappa shape index (κ1) is 19.6. The fourth-order valence-corrected chi connectivity index (χ4v) is 3.66. The van der Waals surface area contributed by atoms with Gasteiger partial charge in [0, 0.05) is 47.9 Å². The Bertz CT molecular complexity index is 1210. The molecule has 2 aromatic carbocycles. The van der Waals surface area contributed by atoms with Crippen molar-refractivity contribution >= 4 is 16.7 Å². The van der Waals surface area contributed by atoms with Gasteiger partial charge in [-0.25, -0.2) is 18.7 Å². The molecule has 1 amide bonds. The first-order chi connectivity index (χ1) is 14.5. The largest absolute Gasteiger partial charge is 0.370 e. The molecule has 0 spiro atoms. The quantitative estimate of drug-likeness (QED) is 0.523. The predicted octanol–water partition coefficient (Wildman–Crippen LogP) is 4.17. The third kappa shape index (κ3) is 4.30. The van der Waals surface area contributed by atoms with Crippen LogP contribution >= 0.6 is 0 Å². The summed E-state index contributed by atoms with van der Waals surface area (Å²) in [5, 5.41) is 1.99. The zero-order valence-corrected chi connectivity index (χ0v) is 15.9. The van der Waals surface area contributed by atoms with Gasteiger partial charge in [0.05, 0.1) is 5.69 Å². The van der Waals surface area contributed by atoms with Crippen LogP contribution in [0, 0.1) is 11.6 Å². The molecule has 2 heterocycles. The predicted molar refractivity (Wildman–Crippen MR) is 109 cm³/mol. The summed E-state index contributed by atoms with van der Waals surface area (Å²) in [6.45, 7) is 0. The highest BCUT2D eigenvalue weighted by molar-refractivity contribution is 5.87. The molecule has 0 radical (unpaired) electrons. The molecule has 4 rings (SSSR count). The fourth-order valence-electron chi connectivity index (χ4n) is 3.66. The number of pyridine rings is 1. The number of nitrogens with zero attached hydrogens (tertiary/aromatic N) is 3. The second kappa shape index (κ2) is 8.32. The Hall–Kier alpha value is -3.74. The molecule has 1 atom stereocenters. The molecule has 150 valence electrons. The standard InChI is InChI=1S/C23H18F2N4O/c24-19-6-14(7-20(25)10-19)5-18(9-22(26)30)23-21(12-28-13-29-23)16-1-2-17-11-27-4-3-15(17)8-16/h1-4,6-8,10-13,18H,5,9H2,(H2,26,30)/t18-/m0/s1. The van der Waals surface area contributed by atoms with Gasteiger partial charge >= 0.3 is 0 Å². The van der Waals surface area contributed by atoms with Crippen LogP contribution in [0.15, 0.2) is 67.4 Å². The second-order valence-electron chi connectivity index (χ2n) is 7.11. The molecule has 0 aliphatic rings. The van der Waals surface area contributed by atoms with Crippen molar-refractivity contribution in [3.63, 3.8) is 0 Å². The van der Waals surface area contributed by atoms with Crippen LogP contribution in [0.5, 0.6) is 0 Å². The minimum Gasteiger partial charge on any atom is -0.370 e. The summed E-state index contributed by atoms with van der Waals surface area (Å²) in [6, 6.07) is 11.1. The lowest BCUT2D eigenvalue weighted by atomic mass is 9.88. The van der Waals surface area contributed by atoms with E-state index in [1.165, 1.54) is 18.5 Å². The number of carbonyl (C=O) groups is 1. The van der Waals surface area contributed by atoms with E-state index in [0.717, 1.165) is 28.0 Å². The van der Waals surface area contributed by atoms with Crippen LogP contribution in [-0.4, -0.2) is 20.9 Å². The minimum atomic E-state index is -0.672. The van der Waals surface area contributed by atoms with E-state index in [1.54, 1.807) is 18.6 Å². The van der Waals surface area contributed by atoms with Gasteiger partial charge < -0.3 is 5.73 Å². The summed E-state index contributed by atoms with van der Waals surface area (Å²) >= 11 is 0. The normalized spacial score (nSPS) is 12.1. The highest BCUT2D eigenvalue weighted by Gasteiger charge is 2.22. The first-order valence-corrected chi connectivity index (χ1v) is 9.37. The van der Waals surface area contributed by atoms with Crippen molar-refractivity contribution in [2.45, 2.75) is 18.8 Å². The number of carbonyl (C=O) groups excluding carboxylic acids is 1. The lowest BCUT2D eigenvalue weighted by Crippen LogP contribution is -2.18. The number of hydrogen-bond donors (Lipinski definition) is 1. The maximum atomic E-state index is 13.7. The van der Waals surface area contributed by atoms with Crippen LogP contribution < -0.4 is 5.73 Å². The van der Waals surface area contributed by atoms with Gasteiger partial charge in [0.25, 0.3) is 0 Å². The summed E-state index contributed by atoms with van der Waals surface area (Å²) in [5.74, 6) is -2.33. The van der Waals surface area contributed by atoms with Gasteiger partial charge in [0.2, 0.25) is 5.91 Å². The third-order valence-electron chi connectivity index (χ3n) is 4.93.